The van der Waals surface area contributed by atoms with E-state index in [1.54, 1.807) is 28.6 Å². The number of hydrogen-bond donors (Lipinski definition) is 2. The Hall–Kier alpha value is -2.01. The van der Waals surface area contributed by atoms with Crippen molar-refractivity contribution in [2.45, 2.75) is 51.0 Å². The van der Waals surface area contributed by atoms with Crippen LogP contribution in [0, 0.1) is 6.92 Å². The Morgan fingerprint density at radius 1 is 1.18 bits per heavy atom. The zero-order chi connectivity index (χ0) is 24.7. The largest absolute Gasteiger partial charge is 0.337 e. The second-order valence-electron chi connectivity index (χ2n) is 8.46. The summed E-state index contributed by atoms with van der Waals surface area (Å²) in [7, 11) is -3.53. The van der Waals surface area contributed by atoms with Gasteiger partial charge in [-0.2, -0.15) is 4.31 Å². The van der Waals surface area contributed by atoms with Gasteiger partial charge in [-0.3, -0.25) is 4.98 Å². The van der Waals surface area contributed by atoms with E-state index in [9.17, 15) is 13.2 Å². The van der Waals surface area contributed by atoms with Gasteiger partial charge in [-0.1, -0.05) is 29.8 Å². The van der Waals surface area contributed by atoms with Crippen molar-refractivity contribution in [3.63, 3.8) is 0 Å². The van der Waals surface area contributed by atoms with Crippen molar-refractivity contribution in [3.05, 3.63) is 52.3 Å². The molecule has 0 atom stereocenters. The minimum absolute atomic E-state index is 0.0196. The Balaban J connectivity index is 1.46. The lowest BCUT2D eigenvalue weighted by Gasteiger charge is -2.37. The molecule has 1 saturated heterocycles. The number of benzene rings is 1. The van der Waals surface area contributed by atoms with Crippen LogP contribution in [0.2, 0.25) is 0 Å². The first-order chi connectivity index (χ1) is 16.2. The molecule has 3 rings (SSSR count). The van der Waals surface area contributed by atoms with Gasteiger partial charge in [0.15, 0.2) is 0 Å². The quantitative estimate of drug-likeness (QED) is 0.491. The molecule has 186 valence electrons. The number of carbonyl (C=O) groups excluding carboxylic acids is 1. The van der Waals surface area contributed by atoms with Crippen LogP contribution in [0.3, 0.4) is 0 Å². The van der Waals surface area contributed by atoms with Crippen LogP contribution < -0.4 is 10.6 Å². The number of likely N-dealkylation sites (tertiary alicyclic amines) is 1. The number of piperidine rings is 1. The van der Waals surface area contributed by atoms with Gasteiger partial charge in [0.1, 0.15) is 0 Å². The minimum Gasteiger partial charge on any atom is -0.337 e. The highest BCUT2D eigenvalue weighted by atomic mass is 79.9. The molecule has 34 heavy (non-hydrogen) atoms. The molecule has 0 aliphatic carbocycles. The summed E-state index contributed by atoms with van der Waals surface area (Å²) in [5.74, 6) is 0. The number of urea groups is 1. The van der Waals surface area contributed by atoms with E-state index in [0.717, 1.165) is 60.4 Å². The molecule has 0 saturated carbocycles. The zero-order valence-corrected chi connectivity index (χ0v) is 22.5. The molecule has 2 N–H and O–H groups in total. The van der Waals surface area contributed by atoms with E-state index in [2.05, 4.69) is 36.4 Å². The molecule has 8 nitrogen and oxygen atoms in total. The maximum atomic E-state index is 13.2. The van der Waals surface area contributed by atoms with Crippen molar-refractivity contribution < 1.29 is 13.2 Å². The van der Waals surface area contributed by atoms with Gasteiger partial charge in [0.25, 0.3) is 0 Å². The van der Waals surface area contributed by atoms with Crippen LogP contribution in [0.25, 0.3) is 0 Å². The molecule has 1 fully saturated rings. The molecule has 1 aromatic carbocycles. The summed E-state index contributed by atoms with van der Waals surface area (Å²) >= 11 is 3.36. The van der Waals surface area contributed by atoms with Crippen molar-refractivity contribution in [2.24, 2.45) is 0 Å². The van der Waals surface area contributed by atoms with Gasteiger partial charge >= 0.3 is 6.03 Å². The molecule has 1 aromatic heterocycles. The first-order valence-electron chi connectivity index (χ1n) is 11.7. The fourth-order valence-corrected chi connectivity index (χ4v) is 6.25. The van der Waals surface area contributed by atoms with E-state index >= 15 is 0 Å². The summed E-state index contributed by atoms with van der Waals surface area (Å²) < 4.78 is 28.8. The number of nitrogens with zero attached hydrogens (tertiary/aromatic N) is 3. The monoisotopic (exact) mass is 551 g/mol. The van der Waals surface area contributed by atoms with E-state index in [0.29, 0.717) is 18.0 Å². The van der Waals surface area contributed by atoms with E-state index in [-0.39, 0.29) is 12.1 Å². The maximum Gasteiger partial charge on any atom is 0.319 e. The lowest BCUT2D eigenvalue weighted by atomic mass is 10.1. The summed E-state index contributed by atoms with van der Waals surface area (Å²) in [6.07, 6.45) is 2.35. The number of sulfonamides is 1. The van der Waals surface area contributed by atoms with Gasteiger partial charge in [-0.25, -0.2) is 13.2 Å². The van der Waals surface area contributed by atoms with Gasteiger partial charge in [0.05, 0.1) is 4.90 Å². The van der Waals surface area contributed by atoms with Crippen molar-refractivity contribution in [3.8, 4) is 0 Å². The Labute approximate surface area is 211 Å². The maximum absolute atomic E-state index is 13.2. The number of nitrogens with one attached hydrogen (secondary N) is 2. The third-order valence-corrected chi connectivity index (χ3v) is 8.61. The average Bonchev–Trinajstić information content (AvgIpc) is 2.80. The molecule has 0 bridgehead atoms. The predicted octanol–water partition coefficient (Wildman–Crippen LogP) is 4.01. The van der Waals surface area contributed by atoms with Crippen LogP contribution >= 0.6 is 15.9 Å². The third-order valence-electron chi connectivity index (χ3n) is 6.04. The van der Waals surface area contributed by atoms with Crippen LogP contribution in [0.5, 0.6) is 0 Å². The number of aromatic nitrogens is 1. The highest BCUT2D eigenvalue weighted by Crippen LogP contribution is 2.25. The zero-order valence-electron chi connectivity index (χ0n) is 20.1. The summed E-state index contributed by atoms with van der Waals surface area (Å²) in [5.41, 5.74) is 2.57. The van der Waals surface area contributed by atoms with Crippen LogP contribution in [-0.2, 0) is 16.4 Å². The molecule has 1 aliphatic rings. The molecule has 0 radical (unpaired) electrons. The van der Waals surface area contributed by atoms with E-state index in [4.69, 9.17) is 0 Å². The highest BCUT2D eigenvalue weighted by Gasteiger charge is 2.32. The molecule has 2 heterocycles. The van der Waals surface area contributed by atoms with Gasteiger partial charge in [-0.15, -0.1) is 0 Å². The topological polar surface area (TPSA) is 94.6 Å². The number of amides is 2. The Morgan fingerprint density at radius 3 is 2.47 bits per heavy atom. The molecule has 2 amide bonds. The SMILES string of the molecule is CCc1cc(NC(=O)NCCN2CCC(N(CC)S(=O)(=O)c3ccc(Br)cc3)CC2)cc(C)n1. The van der Waals surface area contributed by atoms with Crippen molar-refractivity contribution in [1.82, 2.24) is 19.5 Å². The van der Waals surface area contributed by atoms with Gasteiger partial charge in [0.2, 0.25) is 10.0 Å². The Bertz CT molecular complexity index is 1070. The normalized spacial score (nSPS) is 15.4. The summed E-state index contributed by atoms with van der Waals surface area (Å²) in [4.78, 5) is 19.3. The number of anilines is 1. The van der Waals surface area contributed by atoms with Gasteiger partial charge < -0.3 is 15.5 Å². The van der Waals surface area contributed by atoms with Crippen LogP contribution in [-0.4, -0.2) is 67.4 Å². The second kappa shape index (κ2) is 12.1. The number of aryl methyl sites for hydroxylation is 2. The lowest BCUT2D eigenvalue weighted by molar-refractivity contribution is 0.162. The van der Waals surface area contributed by atoms with E-state index < -0.39 is 10.0 Å². The molecular formula is C24H34BrN5O3S. The average molecular weight is 553 g/mol. The summed E-state index contributed by atoms with van der Waals surface area (Å²) in [6.45, 7) is 9.11. The smallest absolute Gasteiger partial charge is 0.319 e. The summed E-state index contributed by atoms with van der Waals surface area (Å²) in [6, 6.07) is 10.3. The molecule has 1 aliphatic heterocycles. The molecule has 0 spiro atoms. The minimum atomic E-state index is -3.53. The fraction of sp³-hybridized carbons (Fsp3) is 0.500. The first-order valence-corrected chi connectivity index (χ1v) is 14.0. The Kier molecular flexibility index (Phi) is 9.47. The number of rotatable bonds is 9. The predicted molar refractivity (Wildman–Crippen MR) is 139 cm³/mol. The number of carbonyl (C=O) groups is 1. The van der Waals surface area contributed by atoms with E-state index in [1.165, 1.54) is 0 Å². The first kappa shape index (κ1) is 26.6. The van der Waals surface area contributed by atoms with Gasteiger partial charge in [-0.05, 0) is 75.7 Å². The lowest BCUT2D eigenvalue weighted by Crippen LogP contribution is -2.48. The molecule has 10 heteroatoms. The van der Waals surface area contributed by atoms with Crippen molar-refractivity contribution in [1.29, 1.82) is 0 Å². The van der Waals surface area contributed by atoms with Crippen molar-refractivity contribution in [2.75, 3.05) is 38.0 Å². The molecular weight excluding hydrogens is 518 g/mol. The fourth-order valence-electron chi connectivity index (χ4n) is 4.29. The standard InChI is InChI=1S/C24H34BrN5O3S/c1-4-20-17-21(16-18(3)27-20)28-24(31)26-12-15-29-13-10-22(11-14-29)30(5-2)34(32,33)23-8-6-19(25)7-9-23/h6-9,16-17,22H,4-5,10-15H2,1-3H3,(H2,26,27,28,31). The highest BCUT2D eigenvalue weighted by molar-refractivity contribution is 9.10. The number of hydrogen-bond acceptors (Lipinski definition) is 5. The molecule has 2 aromatic rings. The number of pyridine rings is 1. The van der Waals surface area contributed by atoms with Gasteiger partial charge in [0, 0.05) is 47.2 Å². The van der Waals surface area contributed by atoms with Crippen molar-refractivity contribution >= 4 is 37.7 Å². The van der Waals surface area contributed by atoms with Crippen LogP contribution in [0.15, 0.2) is 45.8 Å². The summed E-state index contributed by atoms with van der Waals surface area (Å²) in [5, 5.41) is 5.78. The van der Waals surface area contributed by atoms with Crippen LogP contribution in [0.1, 0.15) is 38.1 Å². The Morgan fingerprint density at radius 2 is 1.85 bits per heavy atom. The third kappa shape index (κ3) is 7.00. The number of halogens is 1. The van der Waals surface area contributed by atoms with E-state index in [1.807, 2.05) is 32.9 Å². The second-order valence-corrected chi connectivity index (χ2v) is 11.3. The van der Waals surface area contributed by atoms with Crippen LogP contribution in [0.4, 0.5) is 10.5 Å². The molecule has 0 unspecified atom stereocenters.